The minimum Gasteiger partial charge on any atom is -0.489 e. The van der Waals surface area contributed by atoms with Crippen molar-refractivity contribution in [3.05, 3.63) is 21.6 Å². The minimum absolute atomic E-state index is 0.109. The molecule has 0 unspecified atom stereocenters. The highest BCUT2D eigenvalue weighted by Crippen LogP contribution is 2.37. The van der Waals surface area contributed by atoms with Gasteiger partial charge in [0.1, 0.15) is 11.5 Å². The molecule has 0 amide bonds. The van der Waals surface area contributed by atoms with E-state index in [9.17, 15) is 8.42 Å². The highest BCUT2D eigenvalue weighted by Gasteiger charge is 2.21. The average molecular weight is 417 g/mol. The van der Waals surface area contributed by atoms with Gasteiger partial charge < -0.3 is 4.74 Å². The van der Waals surface area contributed by atoms with E-state index in [1.807, 2.05) is 0 Å². The van der Waals surface area contributed by atoms with Crippen LogP contribution >= 0.6 is 38.2 Å². The summed E-state index contributed by atoms with van der Waals surface area (Å²) in [4.78, 5) is 2.19. The standard InChI is InChI=1S/C13H16BrCl2NO3S/c14-10-8-11(15)13(12(9-10)21(16,18)19)20-7-6-17-4-2-1-3-5-17/h8-9H,1-7H2. The van der Waals surface area contributed by atoms with Crippen LogP contribution in [0.3, 0.4) is 0 Å². The molecule has 0 radical (unpaired) electrons. The van der Waals surface area contributed by atoms with Gasteiger partial charge in [0, 0.05) is 21.7 Å². The third-order valence-electron chi connectivity index (χ3n) is 3.34. The fraction of sp³-hybridized carbons (Fsp3) is 0.538. The van der Waals surface area contributed by atoms with Crippen LogP contribution in [0.25, 0.3) is 0 Å². The zero-order valence-corrected chi connectivity index (χ0v) is 15.2. The zero-order valence-electron chi connectivity index (χ0n) is 11.3. The van der Waals surface area contributed by atoms with Gasteiger partial charge in [-0.05, 0) is 38.1 Å². The maximum absolute atomic E-state index is 11.6. The summed E-state index contributed by atoms with van der Waals surface area (Å²) in [6, 6.07) is 2.98. The predicted molar refractivity (Wildman–Crippen MR) is 88.0 cm³/mol. The lowest BCUT2D eigenvalue weighted by atomic mass is 10.1. The Morgan fingerprint density at radius 2 is 1.90 bits per heavy atom. The Bertz CT molecular complexity index is 604. The number of piperidine rings is 1. The summed E-state index contributed by atoms with van der Waals surface area (Å²) in [5, 5.41) is 0.224. The maximum Gasteiger partial charge on any atom is 0.265 e. The van der Waals surface area contributed by atoms with Crippen molar-refractivity contribution < 1.29 is 13.2 Å². The van der Waals surface area contributed by atoms with Gasteiger partial charge in [-0.3, -0.25) is 4.90 Å². The Labute approximate surface area is 142 Å². The van der Waals surface area contributed by atoms with E-state index in [0.717, 1.165) is 19.6 Å². The van der Waals surface area contributed by atoms with E-state index in [1.165, 1.54) is 25.3 Å². The van der Waals surface area contributed by atoms with Crippen molar-refractivity contribution in [3.63, 3.8) is 0 Å². The molecule has 0 atom stereocenters. The molecule has 0 saturated carbocycles. The van der Waals surface area contributed by atoms with Crippen molar-refractivity contribution in [1.29, 1.82) is 0 Å². The van der Waals surface area contributed by atoms with Crippen LogP contribution in [0.4, 0.5) is 0 Å². The number of hydrogen-bond donors (Lipinski definition) is 0. The molecule has 1 heterocycles. The van der Waals surface area contributed by atoms with Gasteiger partial charge in [0.2, 0.25) is 0 Å². The van der Waals surface area contributed by atoms with Gasteiger partial charge in [-0.1, -0.05) is 34.0 Å². The van der Waals surface area contributed by atoms with Gasteiger partial charge >= 0.3 is 0 Å². The summed E-state index contributed by atoms with van der Waals surface area (Å²) in [6.45, 7) is 3.23. The molecule has 1 aromatic rings. The number of rotatable bonds is 5. The first-order valence-corrected chi connectivity index (χ1v) is 10.1. The van der Waals surface area contributed by atoms with Crippen LogP contribution in [0, 0.1) is 0 Å². The normalized spacial score (nSPS) is 16.9. The first kappa shape index (κ1) is 17.3. The fourth-order valence-electron chi connectivity index (χ4n) is 2.32. The first-order chi connectivity index (χ1) is 9.88. The van der Waals surface area contributed by atoms with Crippen molar-refractivity contribution in [2.24, 2.45) is 0 Å². The molecule has 1 aliphatic rings. The number of halogens is 3. The summed E-state index contributed by atoms with van der Waals surface area (Å²) in [7, 11) is 1.52. The third kappa shape index (κ3) is 4.99. The topological polar surface area (TPSA) is 46.6 Å². The molecule has 4 nitrogen and oxygen atoms in total. The number of likely N-dealkylation sites (tertiary alicyclic amines) is 1. The lowest BCUT2D eigenvalue weighted by Gasteiger charge is -2.26. The van der Waals surface area contributed by atoms with Crippen LogP contribution in [0.15, 0.2) is 21.5 Å². The molecule has 8 heteroatoms. The second kappa shape index (κ2) is 7.51. The van der Waals surface area contributed by atoms with E-state index in [4.69, 9.17) is 27.0 Å². The monoisotopic (exact) mass is 415 g/mol. The van der Waals surface area contributed by atoms with Gasteiger partial charge in [0.15, 0.2) is 5.75 Å². The zero-order chi connectivity index (χ0) is 15.5. The lowest BCUT2D eigenvalue weighted by Crippen LogP contribution is -2.33. The Kier molecular flexibility index (Phi) is 6.20. The van der Waals surface area contributed by atoms with Crippen LogP contribution < -0.4 is 4.74 Å². The van der Waals surface area contributed by atoms with Crippen LogP contribution in [0.5, 0.6) is 5.75 Å². The molecule has 0 bridgehead atoms. The number of benzene rings is 1. The van der Waals surface area contributed by atoms with E-state index in [-0.39, 0.29) is 15.7 Å². The summed E-state index contributed by atoms with van der Waals surface area (Å²) >= 11 is 9.27. The van der Waals surface area contributed by atoms with Crippen molar-refractivity contribution in [2.45, 2.75) is 24.2 Å². The highest BCUT2D eigenvalue weighted by molar-refractivity contribution is 9.10. The van der Waals surface area contributed by atoms with E-state index in [0.29, 0.717) is 11.1 Å². The smallest absolute Gasteiger partial charge is 0.265 e. The molecular weight excluding hydrogens is 401 g/mol. The molecule has 0 spiro atoms. The molecule has 1 fully saturated rings. The Morgan fingerprint density at radius 3 is 2.52 bits per heavy atom. The number of nitrogens with zero attached hydrogens (tertiary/aromatic N) is 1. The quantitative estimate of drug-likeness (QED) is 0.683. The molecule has 1 aliphatic heterocycles. The van der Waals surface area contributed by atoms with E-state index >= 15 is 0 Å². The summed E-state index contributed by atoms with van der Waals surface area (Å²) in [6.07, 6.45) is 3.66. The number of hydrogen-bond acceptors (Lipinski definition) is 4. The van der Waals surface area contributed by atoms with Gasteiger partial charge in [0.05, 0.1) is 5.02 Å². The average Bonchev–Trinajstić information content (AvgIpc) is 2.41. The van der Waals surface area contributed by atoms with Gasteiger partial charge in [0.25, 0.3) is 9.05 Å². The minimum atomic E-state index is -3.91. The molecule has 2 rings (SSSR count). The molecule has 118 valence electrons. The maximum atomic E-state index is 11.6. The Morgan fingerprint density at radius 1 is 1.24 bits per heavy atom. The molecule has 0 aliphatic carbocycles. The largest absolute Gasteiger partial charge is 0.489 e. The van der Waals surface area contributed by atoms with E-state index in [1.54, 1.807) is 6.07 Å². The van der Waals surface area contributed by atoms with Crippen molar-refractivity contribution >= 4 is 47.3 Å². The van der Waals surface area contributed by atoms with Crippen molar-refractivity contribution in [2.75, 3.05) is 26.2 Å². The Balaban J connectivity index is 2.08. The van der Waals surface area contributed by atoms with E-state index < -0.39 is 9.05 Å². The highest BCUT2D eigenvalue weighted by atomic mass is 79.9. The van der Waals surface area contributed by atoms with Crippen LogP contribution in [0.1, 0.15) is 19.3 Å². The summed E-state index contributed by atoms with van der Waals surface area (Å²) < 4.78 is 29.4. The van der Waals surface area contributed by atoms with Crippen molar-refractivity contribution in [1.82, 2.24) is 4.90 Å². The first-order valence-electron chi connectivity index (χ1n) is 6.67. The lowest BCUT2D eigenvalue weighted by molar-refractivity contribution is 0.181. The van der Waals surface area contributed by atoms with Gasteiger partial charge in [-0.25, -0.2) is 8.42 Å². The Hall–Kier alpha value is -0.0100. The van der Waals surface area contributed by atoms with Crippen LogP contribution in [-0.2, 0) is 9.05 Å². The second-order valence-corrected chi connectivity index (χ2v) is 8.76. The van der Waals surface area contributed by atoms with Crippen LogP contribution in [-0.4, -0.2) is 39.6 Å². The van der Waals surface area contributed by atoms with E-state index in [2.05, 4.69) is 20.8 Å². The molecule has 21 heavy (non-hydrogen) atoms. The second-order valence-electron chi connectivity index (χ2n) is 4.90. The fourth-order valence-corrected chi connectivity index (χ4v) is 4.39. The van der Waals surface area contributed by atoms with Gasteiger partial charge in [-0.15, -0.1) is 0 Å². The molecule has 0 N–H and O–H groups in total. The third-order valence-corrected chi connectivity index (χ3v) is 5.41. The van der Waals surface area contributed by atoms with Gasteiger partial charge in [-0.2, -0.15) is 0 Å². The molecule has 1 aromatic carbocycles. The molecular formula is C13H16BrCl2NO3S. The summed E-state index contributed by atoms with van der Waals surface area (Å²) in [5.74, 6) is 0.117. The van der Waals surface area contributed by atoms with Crippen LogP contribution in [0.2, 0.25) is 5.02 Å². The summed E-state index contributed by atoms with van der Waals surface area (Å²) in [5.41, 5.74) is 0. The predicted octanol–water partition coefficient (Wildman–Crippen LogP) is 3.89. The molecule has 1 saturated heterocycles. The van der Waals surface area contributed by atoms with Crippen molar-refractivity contribution in [3.8, 4) is 5.75 Å². The number of ether oxygens (including phenoxy) is 1. The SMILES string of the molecule is O=S(=O)(Cl)c1cc(Br)cc(Cl)c1OCCN1CCCCC1. The molecule has 0 aromatic heterocycles.